The van der Waals surface area contributed by atoms with Gasteiger partial charge >= 0.3 is 5.97 Å². The lowest BCUT2D eigenvalue weighted by molar-refractivity contribution is -0.151. The average Bonchev–Trinajstić information content (AvgIpc) is 2.38. The molecule has 3 atom stereocenters. The quantitative estimate of drug-likeness (QED) is 0.763. The van der Waals surface area contributed by atoms with Crippen LogP contribution in [0.1, 0.15) is 32.6 Å². The molecule has 0 aromatic carbocycles. The van der Waals surface area contributed by atoms with Gasteiger partial charge in [0.25, 0.3) is 0 Å². The van der Waals surface area contributed by atoms with Gasteiger partial charge in [0, 0.05) is 13.1 Å². The van der Waals surface area contributed by atoms with E-state index < -0.39 is 11.9 Å². The predicted molar refractivity (Wildman–Crippen MR) is 68.0 cm³/mol. The van der Waals surface area contributed by atoms with E-state index in [2.05, 4.69) is 6.92 Å². The van der Waals surface area contributed by atoms with Crippen molar-refractivity contribution < 1.29 is 14.7 Å². The van der Waals surface area contributed by atoms with Crippen molar-refractivity contribution in [2.24, 2.45) is 17.8 Å². The molecule has 0 bridgehead atoms. The van der Waals surface area contributed by atoms with Crippen LogP contribution >= 0.6 is 0 Å². The van der Waals surface area contributed by atoms with Crippen LogP contribution < -0.4 is 0 Å². The van der Waals surface area contributed by atoms with E-state index in [0.717, 1.165) is 25.9 Å². The maximum Gasteiger partial charge on any atom is 0.307 e. The van der Waals surface area contributed by atoms with E-state index in [1.165, 1.54) is 0 Å². The molecule has 1 N–H and O–H groups in total. The largest absolute Gasteiger partial charge is 0.481 e. The van der Waals surface area contributed by atoms with Crippen LogP contribution in [0.2, 0.25) is 0 Å². The molecule has 1 saturated heterocycles. The number of allylic oxidation sites excluding steroid dienone is 2. The van der Waals surface area contributed by atoms with Gasteiger partial charge in [0.1, 0.15) is 0 Å². The number of aliphatic carboxylic acids is 1. The van der Waals surface area contributed by atoms with Gasteiger partial charge in [-0.2, -0.15) is 0 Å². The number of carbonyl (C=O) groups excluding carboxylic acids is 1. The number of hydrogen-bond acceptors (Lipinski definition) is 2. The van der Waals surface area contributed by atoms with Crippen LogP contribution in [0, 0.1) is 17.8 Å². The molecule has 0 radical (unpaired) electrons. The van der Waals surface area contributed by atoms with Crippen LogP contribution in [0.15, 0.2) is 12.2 Å². The van der Waals surface area contributed by atoms with Crippen LogP contribution in [-0.2, 0) is 9.59 Å². The van der Waals surface area contributed by atoms with E-state index in [1.807, 2.05) is 17.1 Å². The predicted octanol–water partition coefficient (Wildman–Crippen LogP) is 1.91. The molecule has 18 heavy (non-hydrogen) atoms. The zero-order valence-corrected chi connectivity index (χ0v) is 10.8. The number of carbonyl (C=O) groups is 2. The van der Waals surface area contributed by atoms with Gasteiger partial charge in [-0.25, -0.2) is 0 Å². The molecule has 2 aliphatic rings. The maximum atomic E-state index is 12.4. The van der Waals surface area contributed by atoms with Gasteiger partial charge < -0.3 is 10.0 Å². The molecule has 0 spiro atoms. The van der Waals surface area contributed by atoms with E-state index in [0.29, 0.717) is 18.8 Å². The molecular formula is C14H21NO3. The minimum atomic E-state index is -0.845. The SMILES string of the molecule is C[C@H]1CCCN(C(=O)[C@H]2CC=CC[C@@H]2C(=O)O)C1. The van der Waals surface area contributed by atoms with Crippen molar-refractivity contribution >= 4 is 11.9 Å². The Morgan fingerprint density at radius 1 is 1.22 bits per heavy atom. The highest BCUT2D eigenvalue weighted by Gasteiger charge is 2.37. The van der Waals surface area contributed by atoms with Gasteiger partial charge in [-0.3, -0.25) is 9.59 Å². The first-order valence-corrected chi connectivity index (χ1v) is 6.76. The van der Waals surface area contributed by atoms with E-state index in [9.17, 15) is 14.7 Å². The lowest BCUT2D eigenvalue weighted by Crippen LogP contribution is -2.45. The first kappa shape index (κ1) is 13.1. The highest BCUT2D eigenvalue weighted by molar-refractivity contribution is 5.85. The fourth-order valence-electron chi connectivity index (χ4n) is 2.98. The Morgan fingerprint density at radius 3 is 2.50 bits per heavy atom. The number of hydrogen-bond donors (Lipinski definition) is 1. The topological polar surface area (TPSA) is 57.6 Å². The minimum absolute atomic E-state index is 0.0401. The van der Waals surface area contributed by atoms with E-state index in [-0.39, 0.29) is 11.8 Å². The summed E-state index contributed by atoms with van der Waals surface area (Å²) in [6.45, 7) is 3.72. The third-order valence-electron chi connectivity index (χ3n) is 4.04. The third kappa shape index (κ3) is 2.74. The lowest BCUT2D eigenvalue weighted by Gasteiger charge is -2.35. The number of nitrogens with zero attached hydrogens (tertiary/aromatic N) is 1. The Hall–Kier alpha value is -1.32. The molecule has 0 aromatic heterocycles. The summed E-state index contributed by atoms with van der Waals surface area (Å²) in [4.78, 5) is 25.5. The number of amides is 1. The van der Waals surface area contributed by atoms with Crippen LogP contribution in [0.25, 0.3) is 0 Å². The summed E-state index contributed by atoms with van der Waals surface area (Å²) in [6, 6.07) is 0. The fourth-order valence-corrected chi connectivity index (χ4v) is 2.98. The van der Waals surface area contributed by atoms with Gasteiger partial charge in [0.05, 0.1) is 11.8 Å². The molecule has 4 heteroatoms. The molecule has 1 heterocycles. The summed E-state index contributed by atoms with van der Waals surface area (Å²) < 4.78 is 0. The molecule has 0 unspecified atom stereocenters. The molecule has 1 aliphatic heterocycles. The van der Waals surface area contributed by atoms with E-state index in [4.69, 9.17) is 0 Å². The number of piperidine rings is 1. The Bertz CT molecular complexity index is 364. The van der Waals surface area contributed by atoms with Crippen LogP contribution in [-0.4, -0.2) is 35.0 Å². The second kappa shape index (κ2) is 5.55. The van der Waals surface area contributed by atoms with Crippen molar-refractivity contribution in [2.75, 3.05) is 13.1 Å². The van der Waals surface area contributed by atoms with Crippen molar-refractivity contribution in [3.63, 3.8) is 0 Å². The maximum absolute atomic E-state index is 12.4. The highest BCUT2D eigenvalue weighted by atomic mass is 16.4. The molecule has 0 saturated carbocycles. The van der Waals surface area contributed by atoms with Crippen molar-refractivity contribution in [3.8, 4) is 0 Å². The summed E-state index contributed by atoms with van der Waals surface area (Å²) in [7, 11) is 0. The van der Waals surface area contributed by atoms with Crippen molar-refractivity contribution in [3.05, 3.63) is 12.2 Å². The first-order chi connectivity index (χ1) is 8.59. The van der Waals surface area contributed by atoms with Gasteiger partial charge in [0.15, 0.2) is 0 Å². The average molecular weight is 251 g/mol. The fraction of sp³-hybridized carbons (Fsp3) is 0.714. The molecular weight excluding hydrogens is 230 g/mol. The molecule has 1 aliphatic carbocycles. The van der Waals surface area contributed by atoms with E-state index in [1.54, 1.807) is 0 Å². The van der Waals surface area contributed by atoms with Crippen LogP contribution in [0.4, 0.5) is 0 Å². The highest BCUT2D eigenvalue weighted by Crippen LogP contribution is 2.29. The van der Waals surface area contributed by atoms with Crippen molar-refractivity contribution in [1.82, 2.24) is 4.90 Å². The zero-order chi connectivity index (χ0) is 13.1. The molecule has 100 valence electrons. The third-order valence-corrected chi connectivity index (χ3v) is 4.04. The van der Waals surface area contributed by atoms with Gasteiger partial charge in [-0.05, 0) is 31.6 Å². The van der Waals surface area contributed by atoms with Gasteiger partial charge in [0.2, 0.25) is 5.91 Å². The second-order valence-electron chi connectivity index (χ2n) is 5.53. The summed E-state index contributed by atoms with van der Waals surface area (Å²) in [6.07, 6.45) is 7.07. The summed E-state index contributed by atoms with van der Waals surface area (Å²) >= 11 is 0. The molecule has 2 rings (SSSR count). The van der Waals surface area contributed by atoms with Crippen molar-refractivity contribution in [2.45, 2.75) is 32.6 Å². The van der Waals surface area contributed by atoms with Gasteiger partial charge in [-0.1, -0.05) is 19.1 Å². The Kier molecular flexibility index (Phi) is 4.04. The normalized spacial score (nSPS) is 32.3. The molecule has 0 aromatic rings. The van der Waals surface area contributed by atoms with Crippen LogP contribution in [0.3, 0.4) is 0 Å². The minimum Gasteiger partial charge on any atom is -0.481 e. The second-order valence-corrected chi connectivity index (χ2v) is 5.53. The smallest absolute Gasteiger partial charge is 0.307 e. The van der Waals surface area contributed by atoms with Crippen molar-refractivity contribution in [1.29, 1.82) is 0 Å². The number of carboxylic acids is 1. The summed E-state index contributed by atoms with van der Waals surface area (Å²) in [5, 5.41) is 9.20. The lowest BCUT2D eigenvalue weighted by atomic mass is 9.81. The molecule has 1 fully saturated rings. The summed E-state index contributed by atoms with van der Waals surface area (Å²) in [5.41, 5.74) is 0. The Morgan fingerprint density at radius 2 is 1.89 bits per heavy atom. The number of carboxylic acid groups (broad SMARTS) is 1. The first-order valence-electron chi connectivity index (χ1n) is 6.76. The monoisotopic (exact) mass is 251 g/mol. The molecule has 4 nitrogen and oxygen atoms in total. The summed E-state index contributed by atoms with van der Waals surface area (Å²) in [5.74, 6) is -1.18. The standard InChI is InChI=1S/C14H21NO3/c1-10-5-4-8-15(9-10)13(16)11-6-2-3-7-12(11)14(17)18/h2-3,10-12H,4-9H2,1H3,(H,17,18)/t10-,11-,12-/m0/s1. The zero-order valence-electron chi connectivity index (χ0n) is 10.8. The Balaban J connectivity index is 2.06. The Labute approximate surface area is 108 Å². The van der Waals surface area contributed by atoms with E-state index >= 15 is 0 Å². The molecule has 1 amide bonds. The van der Waals surface area contributed by atoms with Gasteiger partial charge in [-0.15, -0.1) is 0 Å². The number of likely N-dealkylation sites (tertiary alicyclic amines) is 1. The number of rotatable bonds is 2. The van der Waals surface area contributed by atoms with Crippen LogP contribution in [0.5, 0.6) is 0 Å².